The first-order valence-corrected chi connectivity index (χ1v) is 6.86. The van der Waals surface area contributed by atoms with Gasteiger partial charge in [0.1, 0.15) is 0 Å². The lowest BCUT2D eigenvalue weighted by Gasteiger charge is -2.08. The fourth-order valence-electron chi connectivity index (χ4n) is 1.14. The van der Waals surface area contributed by atoms with Crippen LogP contribution in [0.15, 0.2) is 23.1 Å². The largest absolute Gasteiger partial charge is 0.446 e. The molecule has 0 atom stereocenters. The fourth-order valence-corrected chi connectivity index (χ4v) is 2.68. The van der Waals surface area contributed by atoms with Crippen LogP contribution in [0.1, 0.15) is 5.56 Å². The second-order valence-electron chi connectivity index (χ2n) is 3.16. The molecule has 0 unspecified atom stereocenters. The maximum Gasteiger partial charge on any atom is 0.446 e. The predicted molar refractivity (Wildman–Crippen MR) is 70.5 cm³/mol. The van der Waals surface area contributed by atoms with E-state index < -0.39 is 5.51 Å². The van der Waals surface area contributed by atoms with Gasteiger partial charge in [-0.2, -0.15) is 13.2 Å². The second kappa shape index (κ2) is 6.29. The minimum Gasteiger partial charge on any atom is -0.298 e. The average molecular weight is 395 g/mol. The molecule has 0 aromatic heterocycles. The summed E-state index contributed by atoms with van der Waals surface area (Å²) >= 11 is 7.02. The van der Waals surface area contributed by atoms with E-state index in [1.54, 1.807) is 6.07 Å². The summed E-state index contributed by atoms with van der Waals surface area (Å²) in [4.78, 5) is 11.2. The summed E-state index contributed by atoms with van der Waals surface area (Å²) in [5.41, 5.74) is -3.63. The van der Waals surface area contributed by atoms with Crippen LogP contribution in [0, 0.1) is 3.57 Å². The van der Waals surface area contributed by atoms with E-state index in [0.717, 1.165) is 0 Å². The van der Waals surface area contributed by atoms with Crippen LogP contribution in [0.2, 0.25) is 0 Å². The molecule has 0 heterocycles. The number of benzene rings is 1. The quantitative estimate of drug-likeness (QED) is 0.431. The number of ketones is 1. The van der Waals surface area contributed by atoms with E-state index in [-0.39, 0.29) is 34.7 Å². The molecule has 7 heteroatoms. The molecule has 0 bridgehead atoms. The van der Waals surface area contributed by atoms with Crippen molar-refractivity contribution in [2.75, 3.05) is 5.88 Å². The van der Waals surface area contributed by atoms with Gasteiger partial charge in [0.25, 0.3) is 0 Å². The zero-order chi connectivity index (χ0) is 13.1. The molecule has 0 radical (unpaired) electrons. The number of carbonyl (C=O) groups is 1. The van der Waals surface area contributed by atoms with E-state index in [0.29, 0.717) is 9.13 Å². The van der Waals surface area contributed by atoms with Crippen molar-refractivity contribution in [1.29, 1.82) is 0 Å². The van der Waals surface area contributed by atoms with Gasteiger partial charge in [-0.15, -0.1) is 11.6 Å². The average Bonchev–Trinajstić information content (AvgIpc) is 2.20. The van der Waals surface area contributed by atoms with Crippen LogP contribution in [0.25, 0.3) is 0 Å². The van der Waals surface area contributed by atoms with Gasteiger partial charge in [-0.05, 0) is 52.0 Å². The third-order valence-electron chi connectivity index (χ3n) is 1.77. The third kappa shape index (κ3) is 5.48. The van der Waals surface area contributed by atoms with Gasteiger partial charge in [0.2, 0.25) is 0 Å². The molecule has 0 aliphatic rings. The molecular weight excluding hydrogens is 388 g/mol. The molecule has 0 amide bonds. The lowest BCUT2D eigenvalue weighted by Crippen LogP contribution is -2.04. The van der Waals surface area contributed by atoms with Crippen molar-refractivity contribution in [3.05, 3.63) is 27.3 Å². The van der Waals surface area contributed by atoms with Crippen LogP contribution < -0.4 is 0 Å². The first kappa shape index (κ1) is 15.1. The molecule has 1 nitrogen and oxygen atoms in total. The highest BCUT2D eigenvalue weighted by molar-refractivity contribution is 14.1. The Morgan fingerprint density at radius 2 is 2.06 bits per heavy atom. The van der Waals surface area contributed by atoms with E-state index in [1.807, 2.05) is 22.6 Å². The number of hydrogen-bond donors (Lipinski definition) is 0. The molecule has 0 saturated carbocycles. The summed E-state index contributed by atoms with van der Waals surface area (Å²) < 4.78 is 37.0. The molecule has 0 aliphatic heterocycles. The highest BCUT2D eigenvalue weighted by atomic mass is 127. The lowest BCUT2D eigenvalue weighted by molar-refractivity contribution is -0.116. The highest BCUT2D eigenvalue weighted by Crippen LogP contribution is 2.39. The predicted octanol–water partition coefficient (Wildman–Crippen LogP) is 4.25. The SMILES string of the molecule is O=C(CCl)Cc1ccc(SC(F)(F)F)c(I)c1. The van der Waals surface area contributed by atoms with Gasteiger partial charge < -0.3 is 0 Å². The van der Waals surface area contributed by atoms with Gasteiger partial charge >= 0.3 is 5.51 Å². The van der Waals surface area contributed by atoms with Gasteiger partial charge in [-0.3, -0.25) is 4.79 Å². The lowest BCUT2D eigenvalue weighted by atomic mass is 10.1. The van der Waals surface area contributed by atoms with Crippen LogP contribution in [0.3, 0.4) is 0 Å². The van der Waals surface area contributed by atoms with E-state index >= 15 is 0 Å². The Balaban J connectivity index is 2.83. The van der Waals surface area contributed by atoms with Crippen molar-refractivity contribution < 1.29 is 18.0 Å². The maximum atomic E-state index is 12.2. The summed E-state index contributed by atoms with van der Waals surface area (Å²) in [5, 5.41) is 0. The summed E-state index contributed by atoms with van der Waals surface area (Å²) in [6.07, 6.45) is 0.149. The van der Waals surface area contributed by atoms with E-state index in [4.69, 9.17) is 11.6 Å². The van der Waals surface area contributed by atoms with Crippen molar-refractivity contribution in [3.8, 4) is 0 Å². The molecule has 1 aromatic carbocycles. The topological polar surface area (TPSA) is 17.1 Å². The molecule has 0 aliphatic carbocycles. The minimum absolute atomic E-state index is 0.0877. The van der Waals surface area contributed by atoms with Crippen LogP contribution in [-0.4, -0.2) is 17.2 Å². The Kier molecular flexibility index (Phi) is 5.59. The van der Waals surface area contributed by atoms with Crippen molar-refractivity contribution in [2.24, 2.45) is 0 Å². The van der Waals surface area contributed by atoms with E-state index in [2.05, 4.69) is 0 Å². The Labute approximate surface area is 119 Å². The first-order chi connectivity index (χ1) is 7.81. The number of Topliss-reactive ketones (excluding diaryl/α,β-unsaturated/α-hetero) is 1. The Morgan fingerprint density at radius 3 is 2.53 bits per heavy atom. The van der Waals surface area contributed by atoms with Crippen LogP contribution in [0.4, 0.5) is 13.2 Å². The number of carbonyl (C=O) groups excluding carboxylic acids is 1. The van der Waals surface area contributed by atoms with Gasteiger partial charge in [-0.25, -0.2) is 0 Å². The third-order valence-corrected chi connectivity index (χ3v) is 4.14. The van der Waals surface area contributed by atoms with Crippen molar-refractivity contribution in [1.82, 2.24) is 0 Å². The normalized spacial score (nSPS) is 11.6. The van der Waals surface area contributed by atoms with Gasteiger partial charge in [0.05, 0.1) is 5.88 Å². The molecule has 94 valence electrons. The number of thioether (sulfide) groups is 1. The first-order valence-electron chi connectivity index (χ1n) is 4.43. The van der Waals surface area contributed by atoms with Gasteiger partial charge in [0.15, 0.2) is 5.78 Å². The molecule has 17 heavy (non-hydrogen) atoms. The zero-order valence-electron chi connectivity index (χ0n) is 8.35. The standard InChI is InChI=1S/C10H7ClF3IOS/c11-5-7(16)3-6-1-2-9(8(15)4-6)17-10(12,13)14/h1-2,4H,3,5H2. The fraction of sp³-hybridized carbons (Fsp3) is 0.300. The monoisotopic (exact) mass is 394 g/mol. The molecule has 0 saturated heterocycles. The van der Waals surface area contributed by atoms with Gasteiger partial charge in [0, 0.05) is 14.9 Å². The van der Waals surface area contributed by atoms with Crippen molar-refractivity contribution in [3.63, 3.8) is 0 Å². The smallest absolute Gasteiger partial charge is 0.298 e. The summed E-state index contributed by atoms with van der Waals surface area (Å²) in [5.74, 6) is -0.242. The molecule has 0 N–H and O–H groups in total. The highest BCUT2D eigenvalue weighted by Gasteiger charge is 2.30. The van der Waals surface area contributed by atoms with E-state index in [1.165, 1.54) is 12.1 Å². The Bertz CT molecular complexity index is 423. The zero-order valence-corrected chi connectivity index (χ0v) is 12.1. The number of hydrogen-bond acceptors (Lipinski definition) is 2. The summed E-state index contributed by atoms with van der Waals surface area (Å²) in [7, 11) is 0. The minimum atomic E-state index is -4.30. The van der Waals surface area contributed by atoms with Crippen molar-refractivity contribution >= 4 is 51.7 Å². The molecule has 0 fully saturated rings. The Hall–Kier alpha value is 0.0500. The summed E-state index contributed by atoms with van der Waals surface area (Å²) in [6, 6.07) is 4.45. The van der Waals surface area contributed by atoms with Crippen molar-refractivity contribution in [2.45, 2.75) is 16.8 Å². The maximum absolute atomic E-state index is 12.2. The van der Waals surface area contributed by atoms with Crippen LogP contribution >= 0.6 is 46.0 Å². The number of alkyl halides is 4. The molecule has 1 aromatic rings. The molecule has 0 spiro atoms. The van der Waals surface area contributed by atoms with Gasteiger partial charge in [-0.1, -0.05) is 6.07 Å². The van der Waals surface area contributed by atoms with E-state index in [9.17, 15) is 18.0 Å². The second-order valence-corrected chi connectivity index (χ2v) is 5.70. The molecular formula is C10H7ClF3IOS. The van der Waals surface area contributed by atoms with Crippen LogP contribution in [0.5, 0.6) is 0 Å². The number of rotatable bonds is 4. The summed E-state index contributed by atoms with van der Waals surface area (Å²) in [6.45, 7) is 0. The van der Waals surface area contributed by atoms with Crippen LogP contribution in [-0.2, 0) is 11.2 Å². The number of halogens is 5. The Morgan fingerprint density at radius 1 is 1.41 bits per heavy atom. The molecule has 1 rings (SSSR count).